The average molecular weight is 459 g/mol. The molecule has 1 unspecified atom stereocenters. The van der Waals surface area contributed by atoms with Crippen LogP contribution in [-0.4, -0.2) is 5.91 Å². The van der Waals surface area contributed by atoms with Crippen molar-refractivity contribution in [3.05, 3.63) is 92.2 Å². The minimum absolute atomic E-state index is 0.0504. The molecule has 3 rings (SSSR count). The Hall–Kier alpha value is -2.52. The van der Waals surface area contributed by atoms with E-state index in [1.807, 2.05) is 31.2 Å². The molecule has 1 atom stereocenters. The molecule has 3 aromatic rings. The van der Waals surface area contributed by atoms with E-state index in [9.17, 15) is 14.4 Å². The number of thiol groups is 1. The van der Waals surface area contributed by atoms with Crippen molar-refractivity contribution in [2.24, 2.45) is 0 Å². The molecular formula is C23H17Cl2FN2OS. The molecule has 3 aromatic carbocycles. The zero-order chi connectivity index (χ0) is 22.0. The summed E-state index contributed by atoms with van der Waals surface area (Å²) in [6.07, 6.45) is 0. The van der Waals surface area contributed by atoms with E-state index in [1.54, 1.807) is 19.1 Å². The number of carbonyl (C=O) groups excluding carboxylic acids is 1. The topological polar surface area (TPSA) is 52.9 Å². The number of carbonyl (C=O) groups is 1. The third-order valence-corrected chi connectivity index (χ3v) is 5.81. The second-order valence-electron chi connectivity index (χ2n) is 6.87. The smallest absolute Gasteiger partial charge is 0.256 e. The highest BCUT2D eigenvalue weighted by molar-refractivity contribution is 7.80. The summed E-state index contributed by atoms with van der Waals surface area (Å²) >= 11 is 16.2. The summed E-state index contributed by atoms with van der Waals surface area (Å²) < 4.78 is 14.0. The van der Waals surface area contributed by atoms with Crippen LogP contribution in [0.15, 0.2) is 53.4 Å². The zero-order valence-electron chi connectivity index (χ0n) is 16.1. The van der Waals surface area contributed by atoms with Crippen molar-refractivity contribution in [3.63, 3.8) is 0 Å². The lowest BCUT2D eigenvalue weighted by molar-refractivity contribution is 0.102. The third-order valence-electron chi connectivity index (χ3n) is 4.76. The second kappa shape index (κ2) is 9.09. The lowest BCUT2D eigenvalue weighted by Crippen LogP contribution is -2.14. The van der Waals surface area contributed by atoms with E-state index in [-0.39, 0.29) is 15.5 Å². The number of nitrogens with one attached hydrogen (secondary N) is 1. The van der Waals surface area contributed by atoms with Crippen LogP contribution in [0.2, 0.25) is 10.0 Å². The Morgan fingerprint density at radius 3 is 2.40 bits per heavy atom. The lowest BCUT2D eigenvalue weighted by atomic mass is 9.90. The van der Waals surface area contributed by atoms with Crippen LogP contribution >= 0.6 is 35.8 Å². The molecule has 3 nitrogen and oxygen atoms in total. The first-order valence-electron chi connectivity index (χ1n) is 8.97. The molecule has 0 bridgehead atoms. The van der Waals surface area contributed by atoms with Gasteiger partial charge in [-0.25, -0.2) is 4.39 Å². The number of nitrogens with zero attached hydrogens (tertiary/aromatic N) is 1. The summed E-state index contributed by atoms with van der Waals surface area (Å²) in [6, 6.07) is 16.0. The fourth-order valence-corrected chi connectivity index (χ4v) is 3.85. The largest absolute Gasteiger partial charge is 0.322 e. The fourth-order valence-electron chi connectivity index (χ4n) is 3.06. The Bertz CT molecular complexity index is 1170. The quantitative estimate of drug-likeness (QED) is 0.415. The van der Waals surface area contributed by atoms with Crippen molar-refractivity contribution in [1.82, 2.24) is 0 Å². The van der Waals surface area contributed by atoms with Crippen molar-refractivity contribution in [3.8, 4) is 6.07 Å². The van der Waals surface area contributed by atoms with E-state index >= 15 is 0 Å². The third kappa shape index (κ3) is 4.46. The van der Waals surface area contributed by atoms with Crippen molar-refractivity contribution < 1.29 is 9.18 Å². The van der Waals surface area contributed by atoms with Crippen LogP contribution in [0.25, 0.3) is 0 Å². The van der Waals surface area contributed by atoms with E-state index in [1.165, 1.54) is 12.1 Å². The number of aryl methyl sites for hydroxylation is 2. The van der Waals surface area contributed by atoms with E-state index in [2.05, 4.69) is 24.0 Å². The fraction of sp³-hybridized carbons (Fsp3) is 0.130. The Labute approximate surface area is 189 Å². The van der Waals surface area contributed by atoms with Gasteiger partial charge in [-0.05, 0) is 48.7 Å². The summed E-state index contributed by atoms with van der Waals surface area (Å²) in [5.74, 6) is -1.85. The van der Waals surface area contributed by atoms with Gasteiger partial charge in [0, 0.05) is 10.7 Å². The normalized spacial score (nSPS) is 11.6. The van der Waals surface area contributed by atoms with Gasteiger partial charge in [-0.3, -0.25) is 4.79 Å². The molecule has 1 N–H and O–H groups in total. The van der Waals surface area contributed by atoms with Gasteiger partial charge in [0.1, 0.15) is 0 Å². The van der Waals surface area contributed by atoms with Crippen LogP contribution in [0.5, 0.6) is 0 Å². The first-order chi connectivity index (χ1) is 14.2. The molecule has 0 aliphatic carbocycles. The molecule has 0 saturated heterocycles. The highest BCUT2D eigenvalue weighted by atomic mass is 35.5. The molecule has 30 heavy (non-hydrogen) atoms. The summed E-state index contributed by atoms with van der Waals surface area (Å²) in [7, 11) is 0. The van der Waals surface area contributed by atoms with Gasteiger partial charge in [0.15, 0.2) is 5.82 Å². The van der Waals surface area contributed by atoms with Crippen molar-refractivity contribution in [2.45, 2.75) is 24.7 Å². The Morgan fingerprint density at radius 1 is 1.10 bits per heavy atom. The van der Waals surface area contributed by atoms with Gasteiger partial charge < -0.3 is 5.32 Å². The number of rotatable bonds is 4. The molecule has 0 aliphatic rings. The Kier molecular flexibility index (Phi) is 6.72. The Morgan fingerprint density at radius 2 is 1.77 bits per heavy atom. The monoisotopic (exact) mass is 458 g/mol. The number of amides is 1. The number of anilines is 1. The van der Waals surface area contributed by atoms with Gasteiger partial charge in [-0.15, -0.1) is 12.6 Å². The van der Waals surface area contributed by atoms with Crippen LogP contribution in [-0.2, 0) is 0 Å². The number of hydrogen-bond donors (Lipinski definition) is 2. The van der Waals surface area contributed by atoms with E-state index in [0.29, 0.717) is 21.8 Å². The summed E-state index contributed by atoms with van der Waals surface area (Å²) in [4.78, 5) is 12.5. The number of nitriles is 1. The molecule has 0 radical (unpaired) electrons. The van der Waals surface area contributed by atoms with E-state index in [4.69, 9.17) is 23.2 Å². The molecule has 152 valence electrons. The predicted octanol–water partition coefficient (Wildman–Crippen LogP) is 6.95. The molecule has 0 fully saturated rings. The van der Waals surface area contributed by atoms with Gasteiger partial charge in [-0.1, -0.05) is 59.1 Å². The summed E-state index contributed by atoms with van der Waals surface area (Å²) in [6.45, 7) is 3.77. The average Bonchev–Trinajstić information content (AvgIpc) is 2.71. The maximum absolute atomic E-state index is 14.0. The molecule has 0 heterocycles. The van der Waals surface area contributed by atoms with Crippen LogP contribution in [0.1, 0.15) is 38.5 Å². The number of benzene rings is 3. The van der Waals surface area contributed by atoms with Crippen LogP contribution in [0, 0.1) is 31.0 Å². The van der Waals surface area contributed by atoms with Crippen LogP contribution < -0.4 is 5.32 Å². The standard InChI is InChI=1S/C23H17Cl2FN2OS/c1-12-3-5-14(6-4-12)17(11-27)16-9-13(2)20(10-19(16)25)28-23(29)15-7-8-18(24)21(26)22(15)30/h3-10,17,30H,1-2H3,(H,28,29). The molecule has 0 spiro atoms. The zero-order valence-corrected chi connectivity index (χ0v) is 18.5. The number of halogens is 3. The molecule has 0 saturated carbocycles. The van der Waals surface area contributed by atoms with Gasteiger partial charge in [0.25, 0.3) is 5.91 Å². The highest BCUT2D eigenvalue weighted by Gasteiger charge is 2.20. The highest BCUT2D eigenvalue weighted by Crippen LogP contribution is 2.34. The minimum atomic E-state index is -0.757. The molecule has 0 aliphatic heterocycles. The van der Waals surface area contributed by atoms with Gasteiger partial charge in [0.2, 0.25) is 0 Å². The molecule has 7 heteroatoms. The number of hydrogen-bond acceptors (Lipinski definition) is 3. The first kappa shape index (κ1) is 22.2. The maximum Gasteiger partial charge on any atom is 0.256 e. The van der Waals surface area contributed by atoms with Crippen molar-refractivity contribution >= 4 is 47.4 Å². The SMILES string of the molecule is Cc1ccc(C(C#N)c2cc(C)c(NC(=O)c3ccc(Cl)c(F)c3S)cc2Cl)cc1. The van der Waals surface area contributed by atoms with Crippen molar-refractivity contribution in [2.75, 3.05) is 5.32 Å². The Balaban J connectivity index is 1.93. The van der Waals surface area contributed by atoms with Gasteiger partial charge in [0.05, 0.1) is 27.5 Å². The minimum Gasteiger partial charge on any atom is -0.322 e. The van der Waals surface area contributed by atoms with Crippen LogP contribution in [0.3, 0.4) is 0 Å². The van der Waals surface area contributed by atoms with E-state index < -0.39 is 17.6 Å². The summed E-state index contributed by atoms with van der Waals surface area (Å²) in [5, 5.41) is 12.7. The molecule has 1 amide bonds. The van der Waals surface area contributed by atoms with Gasteiger partial charge in [-0.2, -0.15) is 5.26 Å². The maximum atomic E-state index is 14.0. The van der Waals surface area contributed by atoms with Crippen LogP contribution in [0.4, 0.5) is 10.1 Å². The van der Waals surface area contributed by atoms with Gasteiger partial charge >= 0.3 is 0 Å². The summed E-state index contributed by atoms with van der Waals surface area (Å²) in [5.41, 5.74) is 3.79. The first-order valence-corrected chi connectivity index (χ1v) is 10.2. The second-order valence-corrected chi connectivity index (χ2v) is 8.13. The molecular weight excluding hydrogens is 442 g/mol. The lowest BCUT2D eigenvalue weighted by Gasteiger charge is -2.16. The van der Waals surface area contributed by atoms with E-state index in [0.717, 1.165) is 11.1 Å². The molecule has 0 aromatic heterocycles. The predicted molar refractivity (Wildman–Crippen MR) is 121 cm³/mol. The van der Waals surface area contributed by atoms with Crippen molar-refractivity contribution in [1.29, 1.82) is 5.26 Å².